The summed E-state index contributed by atoms with van der Waals surface area (Å²) in [6.07, 6.45) is 8.38. The quantitative estimate of drug-likeness (QED) is 0.841. The minimum Gasteiger partial charge on any atom is -0.398 e. The van der Waals surface area contributed by atoms with Crippen LogP contribution >= 0.6 is 0 Å². The maximum atomic E-state index is 5.90. The molecular weight excluding hydrogens is 210 g/mol. The molecule has 3 nitrogen and oxygen atoms in total. The van der Waals surface area contributed by atoms with Crippen molar-refractivity contribution in [2.45, 2.75) is 52.0 Å². The van der Waals surface area contributed by atoms with Crippen molar-refractivity contribution in [3.8, 4) is 0 Å². The topological polar surface area (TPSA) is 50.9 Å². The van der Waals surface area contributed by atoms with Crippen LogP contribution in [0.4, 0.5) is 11.5 Å². The number of nitrogen functional groups attached to an aromatic ring is 1. The minimum atomic E-state index is 0.573. The predicted octanol–water partition coefficient (Wildman–Crippen LogP) is 3.35. The minimum absolute atomic E-state index is 0.573. The van der Waals surface area contributed by atoms with E-state index in [1.165, 1.54) is 32.1 Å². The number of nitrogens with zero attached hydrogens (tertiary/aromatic N) is 1. The number of anilines is 2. The van der Waals surface area contributed by atoms with Crippen molar-refractivity contribution in [1.82, 2.24) is 4.98 Å². The lowest BCUT2D eigenvalue weighted by molar-refractivity contribution is 0.327. The van der Waals surface area contributed by atoms with Gasteiger partial charge < -0.3 is 11.1 Å². The molecule has 17 heavy (non-hydrogen) atoms. The van der Waals surface area contributed by atoms with Crippen LogP contribution in [0, 0.1) is 12.8 Å². The summed E-state index contributed by atoms with van der Waals surface area (Å²) >= 11 is 0. The molecule has 1 heterocycles. The summed E-state index contributed by atoms with van der Waals surface area (Å²) in [5.74, 6) is 1.80. The van der Waals surface area contributed by atoms with Crippen LogP contribution in [-0.4, -0.2) is 11.0 Å². The van der Waals surface area contributed by atoms with Gasteiger partial charge in [-0.15, -0.1) is 0 Å². The van der Waals surface area contributed by atoms with E-state index in [9.17, 15) is 0 Å². The van der Waals surface area contributed by atoms with Gasteiger partial charge in [-0.2, -0.15) is 0 Å². The molecule has 3 N–H and O–H groups in total. The molecule has 2 unspecified atom stereocenters. The van der Waals surface area contributed by atoms with Crippen molar-refractivity contribution in [3.05, 3.63) is 17.8 Å². The van der Waals surface area contributed by atoms with Gasteiger partial charge in [-0.25, -0.2) is 4.98 Å². The lowest BCUT2D eigenvalue weighted by Crippen LogP contribution is -2.27. The fourth-order valence-corrected chi connectivity index (χ4v) is 2.62. The van der Waals surface area contributed by atoms with E-state index in [1.54, 1.807) is 0 Å². The smallest absolute Gasteiger partial charge is 0.128 e. The number of nitrogens with one attached hydrogen (secondary N) is 1. The van der Waals surface area contributed by atoms with Gasteiger partial charge in [-0.05, 0) is 31.2 Å². The first-order valence-corrected chi connectivity index (χ1v) is 6.67. The van der Waals surface area contributed by atoms with Crippen LogP contribution in [0.5, 0.6) is 0 Å². The molecule has 0 bridgehead atoms. The number of aryl methyl sites for hydroxylation is 1. The lowest BCUT2D eigenvalue weighted by Gasteiger charge is -2.29. The van der Waals surface area contributed by atoms with E-state index in [0.29, 0.717) is 6.04 Å². The summed E-state index contributed by atoms with van der Waals surface area (Å²) in [4.78, 5) is 4.39. The van der Waals surface area contributed by atoms with E-state index in [4.69, 9.17) is 5.73 Å². The molecule has 0 amide bonds. The summed E-state index contributed by atoms with van der Waals surface area (Å²) in [5.41, 5.74) is 7.77. The zero-order valence-corrected chi connectivity index (χ0v) is 10.9. The van der Waals surface area contributed by atoms with Crippen molar-refractivity contribution in [3.63, 3.8) is 0 Å². The Morgan fingerprint density at radius 2 is 2.29 bits per heavy atom. The first-order valence-electron chi connectivity index (χ1n) is 6.67. The third-order valence-corrected chi connectivity index (χ3v) is 3.86. The highest BCUT2D eigenvalue weighted by Gasteiger charge is 2.20. The number of nitrogens with two attached hydrogens (primary N) is 1. The molecule has 94 valence electrons. The van der Waals surface area contributed by atoms with Crippen molar-refractivity contribution in [2.75, 3.05) is 11.1 Å². The van der Waals surface area contributed by atoms with Crippen LogP contribution in [-0.2, 0) is 0 Å². The molecule has 1 aromatic rings. The molecule has 0 saturated heterocycles. The SMILES string of the molecule is CCC1CCCC(Nc2cc(N)c(C)cn2)C1. The third-order valence-electron chi connectivity index (χ3n) is 3.86. The Labute approximate surface area is 104 Å². The van der Waals surface area contributed by atoms with Gasteiger partial charge in [0, 0.05) is 24.0 Å². The highest BCUT2D eigenvalue weighted by molar-refractivity contribution is 5.53. The average Bonchev–Trinajstić information content (AvgIpc) is 2.34. The van der Waals surface area contributed by atoms with Gasteiger partial charge in [0.15, 0.2) is 0 Å². The standard InChI is InChI=1S/C14H23N3/c1-3-11-5-4-6-12(7-11)17-14-8-13(15)10(2)9-16-14/h8-9,11-12H,3-7H2,1-2H3,(H3,15,16,17). The van der Waals surface area contributed by atoms with Crippen LogP contribution in [0.15, 0.2) is 12.3 Å². The monoisotopic (exact) mass is 233 g/mol. The molecule has 0 aliphatic heterocycles. The molecule has 1 aromatic heterocycles. The molecule has 0 aromatic carbocycles. The Morgan fingerprint density at radius 1 is 1.47 bits per heavy atom. The Hall–Kier alpha value is -1.25. The van der Waals surface area contributed by atoms with Crippen LogP contribution in [0.1, 0.15) is 44.6 Å². The summed E-state index contributed by atoms with van der Waals surface area (Å²) in [6, 6.07) is 2.52. The van der Waals surface area contributed by atoms with Gasteiger partial charge in [-0.1, -0.05) is 26.2 Å². The van der Waals surface area contributed by atoms with Crippen molar-refractivity contribution < 1.29 is 0 Å². The van der Waals surface area contributed by atoms with E-state index in [1.807, 2.05) is 19.2 Å². The Morgan fingerprint density at radius 3 is 3.00 bits per heavy atom. The first kappa shape index (κ1) is 12.2. The molecule has 2 rings (SSSR count). The van der Waals surface area contributed by atoms with Crippen molar-refractivity contribution in [1.29, 1.82) is 0 Å². The van der Waals surface area contributed by atoms with Gasteiger partial charge >= 0.3 is 0 Å². The number of rotatable bonds is 3. The molecular formula is C14H23N3. The number of pyridine rings is 1. The molecule has 1 aliphatic rings. The largest absolute Gasteiger partial charge is 0.398 e. The van der Waals surface area contributed by atoms with E-state index in [-0.39, 0.29) is 0 Å². The first-order chi connectivity index (χ1) is 8.19. The zero-order chi connectivity index (χ0) is 12.3. The molecule has 1 aliphatic carbocycles. The molecule has 1 fully saturated rings. The van der Waals surface area contributed by atoms with E-state index in [0.717, 1.165) is 23.0 Å². The summed E-state index contributed by atoms with van der Waals surface area (Å²) in [5, 5.41) is 3.52. The van der Waals surface area contributed by atoms with Crippen LogP contribution in [0.2, 0.25) is 0 Å². The summed E-state index contributed by atoms with van der Waals surface area (Å²) < 4.78 is 0. The van der Waals surface area contributed by atoms with Gasteiger partial charge in [0.25, 0.3) is 0 Å². The highest BCUT2D eigenvalue weighted by Crippen LogP contribution is 2.28. The fraction of sp³-hybridized carbons (Fsp3) is 0.643. The predicted molar refractivity (Wildman–Crippen MR) is 73.0 cm³/mol. The number of hydrogen-bond donors (Lipinski definition) is 2. The highest BCUT2D eigenvalue weighted by atomic mass is 15.0. The van der Waals surface area contributed by atoms with Crippen LogP contribution in [0.25, 0.3) is 0 Å². The molecule has 1 saturated carbocycles. The van der Waals surface area contributed by atoms with E-state index < -0.39 is 0 Å². The Balaban J connectivity index is 1.97. The van der Waals surface area contributed by atoms with Crippen LogP contribution < -0.4 is 11.1 Å². The average molecular weight is 233 g/mol. The van der Waals surface area contributed by atoms with Gasteiger partial charge in [0.05, 0.1) is 0 Å². The van der Waals surface area contributed by atoms with Crippen molar-refractivity contribution in [2.24, 2.45) is 5.92 Å². The molecule has 0 radical (unpaired) electrons. The second-order valence-corrected chi connectivity index (χ2v) is 5.21. The van der Waals surface area contributed by atoms with Gasteiger partial charge in [0.2, 0.25) is 0 Å². The molecule has 3 heteroatoms. The molecule has 2 atom stereocenters. The summed E-state index contributed by atoms with van der Waals surface area (Å²) in [6.45, 7) is 4.27. The summed E-state index contributed by atoms with van der Waals surface area (Å²) in [7, 11) is 0. The maximum absolute atomic E-state index is 5.90. The van der Waals surface area contributed by atoms with Gasteiger partial charge in [0.1, 0.15) is 5.82 Å². The van der Waals surface area contributed by atoms with Gasteiger partial charge in [-0.3, -0.25) is 0 Å². The second-order valence-electron chi connectivity index (χ2n) is 5.21. The molecule has 0 spiro atoms. The normalized spacial score (nSPS) is 24.6. The zero-order valence-electron chi connectivity index (χ0n) is 10.9. The lowest BCUT2D eigenvalue weighted by atomic mass is 9.84. The van der Waals surface area contributed by atoms with E-state index >= 15 is 0 Å². The second kappa shape index (κ2) is 5.39. The van der Waals surface area contributed by atoms with Crippen molar-refractivity contribution >= 4 is 11.5 Å². The Kier molecular flexibility index (Phi) is 3.87. The van der Waals surface area contributed by atoms with E-state index in [2.05, 4.69) is 17.2 Å². The number of hydrogen-bond acceptors (Lipinski definition) is 3. The van der Waals surface area contributed by atoms with Crippen LogP contribution in [0.3, 0.4) is 0 Å². The third kappa shape index (κ3) is 3.11. The Bertz CT molecular complexity index is 376. The number of aromatic nitrogens is 1. The maximum Gasteiger partial charge on any atom is 0.128 e. The fourth-order valence-electron chi connectivity index (χ4n) is 2.62.